The van der Waals surface area contributed by atoms with Crippen molar-refractivity contribution in [3.05, 3.63) is 56.3 Å². The Morgan fingerprint density at radius 3 is 2.49 bits per heavy atom. The van der Waals surface area contributed by atoms with Crippen molar-refractivity contribution in [3.63, 3.8) is 0 Å². The van der Waals surface area contributed by atoms with Crippen LogP contribution < -0.4 is 35.0 Å². The Bertz CT molecular complexity index is 1440. The Balaban J connectivity index is 1.67. The number of carboxylic acid groups (broad SMARTS) is 1. The third-order valence-corrected chi connectivity index (χ3v) is 6.52. The summed E-state index contributed by atoms with van der Waals surface area (Å²) in [7, 11) is 1.42. The first kappa shape index (κ1) is 33.0. The topological polar surface area (TPSA) is 183 Å². The number of halogens is 1. The maximum atomic E-state index is 12.6. The summed E-state index contributed by atoms with van der Waals surface area (Å²) in [4.78, 5) is 48.0. The van der Waals surface area contributed by atoms with Gasteiger partial charge in [0.05, 0.1) is 41.7 Å². The van der Waals surface area contributed by atoms with Crippen molar-refractivity contribution in [1.29, 1.82) is 0 Å². The summed E-state index contributed by atoms with van der Waals surface area (Å²) in [5, 5.41) is 18.1. The molecule has 14 nitrogen and oxygen atoms in total. The van der Waals surface area contributed by atoms with Gasteiger partial charge < -0.3 is 39.4 Å². The number of nitrogens with one attached hydrogen (secondary N) is 3. The third-order valence-electron chi connectivity index (χ3n) is 5.72. The van der Waals surface area contributed by atoms with Gasteiger partial charge in [0.25, 0.3) is 5.91 Å². The van der Waals surface area contributed by atoms with E-state index in [4.69, 9.17) is 28.8 Å². The van der Waals surface area contributed by atoms with Crippen LogP contribution >= 0.6 is 22.6 Å². The van der Waals surface area contributed by atoms with Crippen LogP contribution in [0.5, 0.6) is 23.0 Å². The molecule has 1 aliphatic rings. The van der Waals surface area contributed by atoms with E-state index in [0.717, 1.165) is 0 Å². The van der Waals surface area contributed by atoms with Gasteiger partial charge in [-0.05, 0) is 78.8 Å². The van der Waals surface area contributed by atoms with Crippen LogP contribution in [0, 0.1) is 3.57 Å². The molecule has 2 aromatic rings. The normalized spacial score (nSPS) is 14.4. The van der Waals surface area contributed by atoms with E-state index in [1.807, 2.05) is 22.6 Å². The highest BCUT2D eigenvalue weighted by Crippen LogP contribution is 2.35. The molecule has 0 radical (unpaired) electrons. The number of benzene rings is 2. The van der Waals surface area contributed by atoms with Gasteiger partial charge in [-0.3, -0.25) is 4.79 Å². The Labute approximate surface area is 260 Å². The van der Waals surface area contributed by atoms with E-state index < -0.39 is 43.1 Å². The van der Waals surface area contributed by atoms with Crippen molar-refractivity contribution in [2.45, 2.75) is 26.8 Å². The lowest BCUT2D eigenvalue weighted by Crippen LogP contribution is -2.45. The van der Waals surface area contributed by atoms with Gasteiger partial charge in [0.2, 0.25) is 0 Å². The van der Waals surface area contributed by atoms with Gasteiger partial charge in [0.15, 0.2) is 36.2 Å². The molecule has 15 heteroatoms. The summed E-state index contributed by atoms with van der Waals surface area (Å²) in [6, 6.07) is 6.82. The number of carboxylic acids is 1. The molecule has 0 aromatic heterocycles. The first-order chi connectivity index (χ1) is 20.6. The molecule has 1 atom stereocenters. The second-order valence-electron chi connectivity index (χ2n) is 8.73. The van der Waals surface area contributed by atoms with Crippen molar-refractivity contribution in [1.82, 2.24) is 16.1 Å². The highest BCUT2D eigenvalue weighted by Gasteiger charge is 2.32. The van der Waals surface area contributed by atoms with Gasteiger partial charge in [0, 0.05) is 5.70 Å². The van der Waals surface area contributed by atoms with E-state index >= 15 is 0 Å². The predicted octanol–water partition coefficient (Wildman–Crippen LogP) is 2.88. The number of hydrogen-bond acceptors (Lipinski definition) is 10. The van der Waals surface area contributed by atoms with Crippen LogP contribution in [0.4, 0.5) is 4.79 Å². The second-order valence-corrected chi connectivity index (χ2v) is 9.89. The molecule has 43 heavy (non-hydrogen) atoms. The summed E-state index contributed by atoms with van der Waals surface area (Å²) in [6.07, 6.45) is 1.39. The molecule has 0 bridgehead atoms. The van der Waals surface area contributed by atoms with Crippen LogP contribution in [-0.2, 0) is 19.1 Å². The summed E-state index contributed by atoms with van der Waals surface area (Å²) in [5.41, 5.74) is 4.10. The number of rotatable bonds is 14. The number of carbonyl (C=O) groups is 4. The average Bonchev–Trinajstić information content (AvgIpc) is 2.95. The Hall–Kier alpha value is -4.54. The number of urea groups is 1. The number of aliphatic carboxylic acids is 1. The monoisotopic (exact) mass is 710 g/mol. The molecule has 3 amide bonds. The number of amides is 3. The Morgan fingerprint density at radius 1 is 1.05 bits per heavy atom. The molecule has 230 valence electrons. The zero-order valence-corrected chi connectivity index (χ0v) is 26.0. The van der Waals surface area contributed by atoms with E-state index in [9.17, 15) is 19.2 Å². The molecule has 1 aliphatic heterocycles. The summed E-state index contributed by atoms with van der Waals surface area (Å²) >= 11 is 1.99. The molecule has 0 saturated carbocycles. The zero-order chi connectivity index (χ0) is 31.5. The molecular weight excluding hydrogens is 679 g/mol. The van der Waals surface area contributed by atoms with Gasteiger partial charge in [0.1, 0.15) is 0 Å². The first-order valence-corrected chi connectivity index (χ1v) is 14.0. The highest BCUT2D eigenvalue weighted by atomic mass is 127. The molecule has 0 aliphatic carbocycles. The number of ether oxygens (including phenoxy) is 5. The molecule has 0 saturated heterocycles. The number of nitrogens with zero attached hydrogens (tertiary/aromatic N) is 1. The van der Waals surface area contributed by atoms with Gasteiger partial charge in [-0.2, -0.15) is 5.10 Å². The fourth-order valence-corrected chi connectivity index (χ4v) is 4.74. The highest BCUT2D eigenvalue weighted by molar-refractivity contribution is 14.1. The van der Waals surface area contributed by atoms with Gasteiger partial charge in [-0.1, -0.05) is 6.07 Å². The van der Waals surface area contributed by atoms with Crippen LogP contribution in [0.1, 0.15) is 37.9 Å². The quantitative estimate of drug-likeness (QED) is 0.0985. The maximum absolute atomic E-state index is 12.6. The number of methoxy groups -OCH3 is 1. The van der Waals surface area contributed by atoms with E-state index in [0.29, 0.717) is 38.5 Å². The number of carbonyl (C=O) groups excluding carboxylic acids is 3. The van der Waals surface area contributed by atoms with Gasteiger partial charge in [-0.25, -0.2) is 19.8 Å². The lowest BCUT2D eigenvalue weighted by Gasteiger charge is -2.28. The molecule has 0 unspecified atom stereocenters. The van der Waals surface area contributed by atoms with Crippen molar-refractivity contribution in [2.24, 2.45) is 5.10 Å². The standard InChI is InChI=1S/C28H31IN4O10/c1-5-40-21-10-16(9-18(29)26(21)43-14-23(35)36)12-30-33-22(34)13-42-19-8-7-17(11-20(19)39-4)25-24(27(37)41-6-2)15(3)31-28(38)32-25/h7-12,25H,5-6,13-14H2,1-4H3,(H,33,34)(H,35,36)(H2,31,32,38)/b30-12-/t25-/m0/s1. The molecule has 0 fully saturated rings. The average molecular weight is 710 g/mol. The molecule has 1 heterocycles. The third kappa shape index (κ3) is 8.97. The molecule has 2 aromatic carbocycles. The minimum Gasteiger partial charge on any atom is -0.493 e. The summed E-state index contributed by atoms with van der Waals surface area (Å²) in [5.74, 6) is -1.09. The molecule has 3 rings (SSSR count). The number of allylic oxidation sites excluding steroid dienone is 1. The van der Waals surface area contributed by atoms with Crippen molar-refractivity contribution < 1.29 is 48.0 Å². The maximum Gasteiger partial charge on any atom is 0.341 e. The lowest BCUT2D eigenvalue weighted by atomic mass is 9.95. The Kier molecular flexibility index (Phi) is 12.0. The van der Waals surface area contributed by atoms with Crippen LogP contribution in [0.3, 0.4) is 0 Å². The fourth-order valence-electron chi connectivity index (χ4n) is 3.96. The predicted molar refractivity (Wildman–Crippen MR) is 161 cm³/mol. The minimum absolute atomic E-state index is 0.169. The second kappa shape index (κ2) is 15.6. The van der Waals surface area contributed by atoms with Crippen molar-refractivity contribution >= 4 is 52.7 Å². The van der Waals surface area contributed by atoms with Crippen molar-refractivity contribution in [3.8, 4) is 23.0 Å². The summed E-state index contributed by atoms with van der Waals surface area (Å²) in [6.45, 7) is 4.66. The molecule has 0 spiro atoms. The van der Waals surface area contributed by atoms with Crippen LogP contribution in [0.15, 0.2) is 46.7 Å². The Morgan fingerprint density at radius 2 is 1.81 bits per heavy atom. The first-order valence-electron chi connectivity index (χ1n) is 13.0. The van der Waals surface area contributed by atoms with E-state index in [2.05, 4.69) is 21.2 Å². The van der Waals surface area contributed by atoms with Crippen molar-refractivity contribution in [2.75, 3.05) is 33.5 Å². The lowest BCUT2D eigenvalue weighted by molar-refractivity contribution is -0.140. The van der Waals surface area contributed by atoms with Gasteiger partial charge in [-0.15, -0.1) is 0 Å². The smallest absolute Gasteiger partial charge is 0.341 e. The largest absolute Gasteiger partial charge is 0.493 e. The van der Waals surface area contributed by atoms with Crippen LogP contribution in [-0.4, -0.2) is 68.7 Å². The SMILES string of the molecule is CCOC(=O)C1=C(C)NC(=O)N[C@H]1c1ccc(OCC(=O)N/N=C\c2cc(I)c(OCC(=O)O)c(OCC)c2)c(OC)c1. The van der Waals surface area contributed by atoms with Crippen LogP contribution in [0.2, 0.25) is 0 Å². The minimum atomic E-state index is -1.12. The molecular formula is C28H31IN4O10. The van der Waals surface area contributed by atoms with Crippen LogP contribution in [0.25, 0.3) is 0 Å². The zero-order valence-electron chi connectivity index (χ0n) is 23.8. The van der Waals surface area contributed by atoms with E-state index in [1.165, 1.54) is 13.3 Å². The van der Waals surface area contributed by atoms with E-state index in [1.54, 1.807) is 51.1 Å². The summed E-state index contributed by atoms with van der Waals surface area (Å²) < 4.78 is 27.7. The molecule has 4 N–H and O–H groups in total. The number of hydrogen-bond donors (Lipinski definition) is 4. The fraction of sp³-hybridized carbons (Fsp3) is 0.321. The van der Waals surface area contributed by atoms with Gasteiger partial charge >= 0.3 is 18.0 Å². The number of esters is 1. The number of hydrazone groups is 1. The van der Waals surface area contributed by atoms with E-state index in [-0.39, 0.29) is 23.7 Å².